The zero-order chi connectivity index (χ0) is 18.5. The zero-order valence-corrected chi connectivity index (χ0v) is 13.9. The Morgan fingerprint density at radius 2 is 1.92 bits per heavy atom. The lowest BCUT2D eigenvalue weighted by Gasteiger charge is -2.09. The number of benzene rings is 2. The Balaban J connectivity index is 1.59. The van der Waals surface area contributed by atoms with Crippen LogP contribution in [0.1, 0.15) is 23.0 Å². The molecule has 3 aromatic rings. The quantitative estimate of drug-likeness (QED) is 0.524. The molecular formula is C19H16N2O5. The first-order valence-electron chi connectivity index (χ1n) is 7.84. The highest BCUT2D eigenvalue weighted by Crippen LogP contribution is 2.18. The van der Waals surface area contributed by atoms with Crippen molar-refractivity contribution in [1.29, 1.82) is 0 Å². The molecule has 7 nitrogen and oxygen atoms in total. The van der Waals surface area contributed by atoms with Crippen molar-refractivity contribution < 1.29 is 23.8 Å². The number of hydrazone groups is 1. The van der Waals surface area contributed by atoms with Crippen LogP contribution in [-0.4, -0.2) is 29.3 Å². The van der Waals surface area contributed by atoms with Crippen molar-refractivity contribution in [3.8, 4) is 5.75 Å². The molecule has 1 heterocycles. The van der Waals surface area contributed by atoms with E-state index >= 15 is 0 Å². The highest BCUT2D eigenvalue weighted by atomic mass is 16.5. The maximum atomic E-state index is 12.0. The van der Waals surface area contributed by atoms with Crippen molar-refractivity contribution in [3.63, 3.8) is 0 Å². The Morgan fingerprint density at radius 1 is 1.19 bits per heavy atom. The van der Waals surface area contributed by atoms with Gasteiger partial charge < -0.3 is 14.3 Å². The summed E-state index contributed by atoms with van der Waals surface area (Å²) in [6, 6.07) is 15.6. The van der Waals surface area contributed by atoms with Gasteiger partial charge in [0.1, 0.15) is 11.3 Å². The average Bonchev–Trinajstić information content (AvgIpc) is 3.07. The molecule has 0 fully saturated rings. The Hall–Kier alpha value is -3.61. The molecule has 2 aromatic carbocycles. The molecule has 1 amide bonds. The van der Waals surface area contributed by atoms with Gasteiger partial charge in [-0.3, -0.25) is 4.79 Å². The first-order valence-corrected chi connectivity index (χ1v) is 7.84. The summed E-state index contributed by atoms with van der Waals surface area (Å²) >= 11 is 0. The minimum atomic E-state index is -1.04. The summed E-state index contributed by atoms with van der Waals surface area (Å²) in [5.74, 6) is -0.880. The summed E-state index contributed by atoms with van der Waals surface area (Å²) in [5, 5.41) is 13.5. The molecule has 3 rings (SSSR count). The van der Waals surface area contributed by atoms with Crippen LogP contribution in [0.25, 0.3) is 11.0 Å². The second kappa shape index (κ2) is 7.52. The normalized spacial score (nSPS) is 12.2. The number of fused-ring (bicyclic) bond motifs is 1. The van der Waals surface area contributed by atoms with Gasteiger partial charge in [-0.15, -0.1) is 0 Å². The SMILES string of the molecule is C[C@@H](Oc1ccc(/C=N\NC(=O)c2cc3ccccc3o2)cc1)C(=O)O. The maximum absolute atomic E-state index is 12.0. The van der Waals surface area contributed by atoms with Crippen LogP contribution in [-0.2, 0) is 4.79 Å². The number of carbonyl (C=O) groups is 2. The smallest absolute Gasteiger partial charge is 0.344 e. The highest BCUT2D eigenvalue weighted by molar-refractivity contribution is 5.96. The van der Waals surface area contributed by atoms with Gasteiger partial charge in [-0.2, -0.15) is 5.10 Å². The van der Waals surface area contributed by atoms with Gasteiger partial charge >= 0.3 is 11.9 Å². The third-order valence-corrected chi connectivity index (χ3v) is 3.57. The number of rotatable bonds is 6. The predicted octanol–water partition coefficient (Wildman–Crippen LogP) is 3.05. The summed E-state index contributed by atoms with van der Waals surface area (Å²) in [4.78, 5) is 22.8. The van der Waals surface area contributed by atoms with E-state index in [1.165, 1.54) is 13.1 Å². The number of nitrogens with zero attached hydrogens (tertiary/aromatic N) is 1. The first kappa shape index (κ1) is 17.2. The summed E-state index contributed by atoms with van der Waals surface area (Å²) < 4.78 is 10.7. The molecule has 0 saturated heterocycles. The number of hydrogen-bond donors (Lipinski definition) is 2. The van der Waals surface area contributed by atoms with Crippen LogP contribution in [0, 0.1) is 0 Å². The third-order valence-electron chi connectivity index (χ3n) is 3.57. The lowest BCUT2D eigenvalue weighted by molar-refractivity contribution is -0.144. The number of carbonyl (C=O) groups excluding carboxylic acids is 1. The molecule has 0 spiro atoms. The second-order valence-electron chi connectivity index (χ2n) is 5.51. The van der Waals surface area contributed by atoms with Crippen molar-refractivity contribution in [2.45, 2.75) is 13.0 Å². The fourth-order valence-corrected chi connectivity index (χ4v) is 2.20. The lowest BCUT2D eigenvalue weighted by Crippen LogP contribution is -2.22. The largest absolute Gasteiger partial charge is 0.479 e. The van der Waals surface area contributed by atoms with Crippen molar-refractivity contribution in [3.05, 3.63) is 65.9 Å². The summed E-state index contributed by atoms with van der Waals surface area (Å²) in [7, 11) is 0. The van der Waals surface area contributed by atoms with Crippen LogP contribution in [0.3, 0.4) is 0 Å². The number of hydrogen-bond acceptors (Lipinski definition) is 5. The Kier molecular flexibility index (Phi) is 4.98. The van der Waals surface area contributed by atoms with Crippen molar-refractivity contribution in [2.75, 3.05) is 0 Å². The van der Waals surface area contributed by atoms with Crippen LogP contribution < -0.4 is 10.2 Å². The molecule has 0 aliphatic rings. The van der Waals surface area contributed by atoms with E-state index in [0.717, 1.165) is 5.39 Å². The Morgan fingerprint density at radius 3 is 2.62 bits per heavy atom. The van der Waals surface area contributed by atoms with E-state index in [9.17, 15) is 9.59 Å². The number of nitrogens with one attached hydrogen (secondary N) is 1. The molecule has 0 saturated carbocycles. The van der Waals surface area contributed by atoms with Crippen molar-refractivity contribution in [1.82, 2.24) is 5.43 Å². The standard InChI is InChI=1S/C19H16N2O5/c1-12(19(23)24)25-15-8-6-13(7-9-15)11-20-21-18(22)17-10-14-4-2-3-5-16(14)26-17/h2-12H,1H3,(H,21,22)(H,23,24)/b20-11-/t12-/m1/s1. The number of furan rings is 1. The molecule has 1 aromatic heterocycles. The average molecular weight is 352 g/mol. The fraction of sp³-hybridized carbons (Fsp3) is 0.105. The molecule has 2 N–H and O–H groups in total. The molecule has 1 atom stereocenters. The van der Waals surface area contributed by atoms with Gasteiger partial charge in [-0.25, -0.2) is 10.2 Å². The third kappa shape index (κ3) is 4.07. The molecule has 132 valence electrons. The van der Waals surface area contributed by atoms with Gasteiger partial charge in [0.2, 0.25) is 0 Å². The maximum Gasteiger partial charge on any atom is 0.344 e. The Labute approximate surface area is 148 Å². The Bertz CT molecular complexity index is 926. The van der Waals surface area contributed by atoms with Gasteiger partial charge in [-0.1, -0.05) is 18.2 Å². The molecule has 26 heavy (non-hydrogen) atoms. The van der Waals surface area contributed by atoms with Gasteiger partial charge in [0, 0.05) is 5.39 Å². The molecule has 0 aliphatic carbocycles. The van der Waals surface area contributed by atoms with Crippen molar-refractivity contribution >= 4 is 29.1 Å². The van der Waals surface area contributed by atoms with Crippen LogP contribution in [0.5, 0.6) is 5.75 Å². The van der Waals surface area contributed by atoms with E-state index in [0.29, 0.717) is 16.9 Å². The zero-order valence-electron chi connectivity index (χ0n) is 13.9. The van der Waals surface area contributed by atoms with E-state index in [1.54, 1.807) is 36.4 Å². The van der Waals surface area contributed by atoms with E-state index in [4.69, 9.17) is 14.3 Å². The number of para-hydroxylation sites is 1. The molecule has 7 heteroatoms. The van der Waals surface area contributed by atoms with Crippen LogP contribution in [0.15, 0.2) is 64.1 Å². The lowest BCUT2D eigenvalue weighted by atomic mass is 10.2. The van der Waals surface area contributed by atoms with E-state index < -0.39 is 18.0 Å². The fourth-order valence-electron chi connectivity index (χ4n) is 2.20. The minimum Gasteiger partial charge on any atom is -0.479 e. The molecule has 0 bridgehead atoms. The number of amides is 1. The highest BCUT2D eigenvalue weighted by Gasteiger charge is 2.12. The monoisotopic (exact) mass is 352 g/mol. The number of aliphatic carboxylic acids is 1. The summed E-state index contributed by atoms with van der Waals surface area (Å²) in [6.07, 6.45) is 0.530. The number of ether oxygens (including phenoxy) is 1. The number of carboxylic acid groups (broad SMARTS) is 1. The topological polar surface area (TPSA) is 101 Å². The molecule has 0 unspecified atom stereocenters. The summed E-state index contributed by atoms with van der Waals surface area (Å²) in [6.45, 7) is 1.45. The minimum absolute atomic E-state index is 0.176. The second-order valence-corrected chi connectivity index (χ2v) is 5.51. The van der Waals surface area contributed by atoms with Gasteiger partial charge in [0.05, 0.1) is 6.21 Å². The molecule has 0 radical (unpaired) electrons. The van der Waals surface area contributed by atoms with Gasteiger partial charge in [-0.05, 0) is 48.9 Å². The predicted molar refractivity (Wildman–Crippen MR) is 95.4 cm³/mol. The molecule has 0 aliphatic heterocycles. The van der Waals surface area contributed by atoms with E-state index in [1.807, 2.05) is 18.2 Å². The van der Waals surface area contributed by atoms with E-state index in [-0.39, 0.29) is 5.76 Å². The van der Waals surface area contributed by atoms with Crippen LogP contribution in [0.4, 0.5) is 0 Å². The van der Waals surface area contributed by atoms with Gasteiger partial charge in [0.25, 0.3) is 0 Å². The van der Waals surface area contributed by atoms with Crippen molar-refractivity contribution in [2.24, 2.45) is 5.10 Å². The van der Waals surface area contributed by atoms with Crippen LogP contribution in [0.2, 0.25) is 0 Å². The van der Waals surface area contributed by atoms with Crippen LogP contribution >= 0.6 is 0 Å². The number of carboxylic acids is 1. The van der Waals surface area contributed by atoms with E-state index in [2.05, 4.69) is 10.5 Å². The van der Waals surface area contributed by atoms with Gasteiger partial charge in [0.15, 0.2) is 11.9 Å². The molecular weight excluding hydrogens is 336 g/mol. The first-order chi connectivity index (χ1) is 12.5. The summed E-state index contributed by atoms with van der Waals surface area (Å²) in [5.41, 5.74) is 3.74.